The van der Waals surface area contributed by atoms with Gasteiger partial charge in [-0.2, -0.15) is 0 Å². The second-order valence-corrected chi connectivity index (χ2v) is 4.73. The van der Waals surface area contributed by atoms with Crippen LogP contribution in [-0.4, -0.2) is 16.6 Å². The summed E-state index contributed by atoms with van der Waals surface area (Å²) >= 11 is 7.00. The van der Waals surface area contributed by atoms with Crippen LogP contribution in [-0.2, 0) is 6.42 Å². The first kappa shape index (κ1) is 12.3. The number of halogens is 1. The van der Waals surface area contributed by atoms with E-state index in [0.717, 1.165) is 17.0 Å². The van der Waals surface area contributed by atoms with Crippen molar-refractivity contribution in [1.29, 1.82) is 0 Å². The Labute approximate surface area is 109 Å². The number of hydrogen-bond donors (Lipinski definition) is 0. The van der Waals surface area contributed by atoms with Gasteiger partial charge in [0, 0.05) is 10.9 Å². The molecule has 0 bridgehead atoms. The number of nitrogens with zero attached hydrogens (tertiary/aromatic N) is 1. The van der Waals surface area contributed by atoms with Gasteiger partial charge < -0.3 is 0 Å². The largest absolute Gasteiger partial charge is 0.291 e. The van der Waals surface area contributed by atoms with Crippen LogP contribution >= 0.6 is 22.9 Å². The summed E-state index contributed by atoms with van der Waals surface area (Å²) < 4.78 is 0. The third-order valence-electron chi connectivity index (χ3n) is 2.54. The maximum Gasteiger partial charge on any atom is 0.196 e. The predicted molar refractivity (Wildman–Crippen MR) is 72.0 cm³/mol. The van der Waals surface area contributed by atoms with Gasteiger partial charge in [0.05, 0.1) is 5.88 Å². The molecule has 0 aliphatic carbocycles. The Balaban J connectivity index is 2.40. The van der Waals surface area contributed by atoms with Crippen molar-refractivity contribution in [3.63, 3.8) is 0 Å². The van der Waals surface area contributed by atoms with Crippen LogP contribution in [0, 0.1) is 0 Å². The van der Waals surface area contributed by atoms with Gasteiger partial charge in [0.25, 0.3) is 0 Å². The second kappa shape index (κ2) is 5.43. The molecule has 17 heavy (non-hydrogen) atoms. The van der Waals surface area contributed by atoms with E-state index in [1.165, 1.54) is 16.9 Å². The molecule has 0 atom stereocenters. The van der Waals surface area contributed by atoms with Crippen LogP contribution in [0.3, 0.4) is 0 Å². The number of rotatable bonds is 4. The van der Waals surface area contributed by atoms with Crippen LogP contribution in [0.5, 0.6) is 0 Å². The Kier molecular flexibility index (Phi) is 3.92. The maximum absolute atomic E-state index is 11.4. The number of aromatic nitrogens is 1. The molecule has 1 heterocycles. The van der Waals surface area contributed by atoms with Crippen molar-refractivity contribution in [3.8, 4) is 10.6 Å². The monoisotopic (exact) mass is 265 g/mol. The summed E-state index contributed by atoms with van der Waals surface area (Å²) in [4.78, 5) is 15.8. The lowest BCUT2D eigenvalue weighted by Gasteiger charge is -2.03. The molecule has 88 valence electrons. The maximum atomic E-state index is 11.4. The Morgan fingerprint density at radius 2 is 2.18 bits per heavy atom. The summed E-state index contributed by atoms with van der Waals surface area (Å²) in [7, 11) is 0. The first-order valence-corrected chi connectivity index (χ1v) is 6.80. The summed E-state index contributed by atoms with van der Waals surface area (Å²) in [5.41, 5.74) is 2.81. The van der Waals surface area contributed by atoms with Gasteiger partial charge in [0.2, 0.25) is 0 Å². The number of carbonyl (C=O) groups excluding carboxylic acids is 1. The van der Waals surface area contributed by atoms with Crippen molar-refractivity contribution in [2.24, 2.45) is 0 Å². The summed E-state index contributed by atoms with van der Waals surface area (Å²) in [6.07, 6.45) is 0.953. The lowest BCUT2D eigenvalue weighted by Crippen LogP contribution is -2.00. The number of ketones is 1. The van der Waals surface area contributed by atoms with Crippen LogP contribution in [0.15, 0.2) is 29.6 Å². The van der Waals surface area contributed by atoms with E-state index in [2.05, 4.69) is 18.0 Å². The molecule has 0 fully saturated rings. The SMILES string of the molecule is CCc1ccccc1-c1nc(C(=O)CCl)cs1. The predicted octanol–water partition coefficient (Wildman–Crippen LogP) is 3.79. The summed E-state index contributed by atoms with van der Waals surface area (Å²) in [5.74, 6) is -0.137. The van der Waals surface area contributed by atoms with E-state index < -0.39 is 0 Å². The molecular formula is C13H12ClNOS. The average Bonchev–Trinajstić information content (AvgIpc) is 2.87. The highest BCUT2D eigenvalue weighted by Gasteiger charge is 2.12. The van der Waals surface area contributed by atoms with Gasteiger partial charge in [-0.05, 0) is 12.0 Å². The van der Waals surface area contributed by atoms with Gasteiger partial charge in [0.15, 0.2) is 5.78 Å². The molecule has 0 N–H and O–H groups in total. The van der Waals surface area contributed by atoms with E-state index in [1.807, 2.05) is 18.2 Å². The highest BCUT2D eigenvalue weighted by atomic mass is 35.5. The van der Waals surface area contributed by atoms with Gasteiger partial charge in [-0.15, -0.1) is 22.9 Å². The number of benzene rings is 1. The standard InChI is InChI=1S/C13H12ClNOS/c1-2-9-5-3-4-6-10(9)13-15-11(8-17-13)12(16)7-14/h3-6,8H,2,7H2,1H3. The van der Waals surface area contributed by atoms with Crippen LogP contribution < -0.4 is 0 Å². The minimum Gasteiger partial charge on any atom is -0.291 e. The van der Waals surface area contributed by atoms with Gasteiger partial charge in [0.1, 0.15) is 10.7 Å². The second-order valence-electron chi connectivity index (χ2n) is 3.61. The van der Waals surface area contributed by atoms with Crippen molar-refractivity contribution in [1.82, 2.24) is 4.98 Å². The summed E-state index contributed by atoms with van der Waals surface area (Å²) in [5, 5.41) is 2.66. The molecule has 2 aromatic rings. The third-order valence-corrected chi connectivity index (χ3v) is 3.66. The molecule has 0 aliphatic heterocycles. The van der Waals surface area contributed by atoms with Gasteiger partial charge in [-0.1, -0.05) is 31.2 Å². The number of Topliss-reactive ketones (excluding diaryl/α,β-unsaturated/α-hetero) is 1. The van der Waals surface area contributed by atoms with E-state index in [0.29, 0.717) is 5.69 Å². The molecule has 1 aromatic heterocycles. The zero-order chi connectivity index (χ0) is 12.3. The smallest absolute Gasteiger partial charge is 0.196 e. The highest BCUT2D eigenvalue weighted by molar-refractivity contribution is 7.13. The summed E-state index contributed by atoms with van der Waals surface area (Å²) in [6, 6.07) is 8.12. The van der Waals surface area contributed by atoms with E-state index in [9.17, 15) is 4.79 Å². The molecule has 0 spiro atoms. The lowest BCUT2D eigenvalue weighted by atomic mass is 10.1. The van der Waals surface area contributed by atoms with Crippen LogP contribution in [0.4, 0.5) is 0 Å². The van der Waals surface area contributed by atoms with Gasteiger partial charge in [-0.25, -0.2) is 4.98 Å². The number of hydrogen-bond acceptors (Lipinski definition) is 3. The quantitative estimate of drug-likeness (QED) is 0.622. The van der Waals surface area contributed by atoms with Crippen molar-refractivity contribution >= 4 is 28.7 Å². The van der Waals surface area contributed by atoms with Crippen LogP contribution in [0.1, 0.15) is 23.0 Å². The van der Waals surface area contributed by atoms with Gasteiger partial charge in [-0.3, -0.25) is 4.79 Å². The fourth-order valence-electron chi connectivity index (χ4n) is 1.63. The minimum absolute atomic E-state index is 0.0153. The van der Waals surface area contributed by atoms with Crippen molar-refractivity contribution in [3.05, 3.63) is 40.9 Å². The number of carbonyl (C=O) groups is 1. The lowest BCUT2D eigenvalue weighted by molar-refractivity contribution is 0.101. The molecule has 0 radical (unpaired) electrons. The zero-order valence-electron chi connectivity index (χ0n) is 9.44. The van der Waals surface area contributed by atoms with Crippen LogP contribution in [0.2, 0.25) is 0 Å². The van der Waals surface area contributed by atoms with E-state index in [4.69, 9.17) is 11.6 Å². The molecule has 2 nitrogen and oxygen atoms in total. The van der Waals surface area contributed by atoms with Crippen molar-refractivity contribution < 1.29 is 4.79 Å². The molecule has 0 saturated carbocycles. The van der Waals surface area contributed by atoms with Crippen molar-refractivity contribution in [2.45, 2.75) is 13.3 Å². The molecule has 1 aromatic carbocycles. The molecular weight excluding hydrogens is 254 g/mol. The van der Waals surface area contributed by atoms with Gasteiger partial charge >= 0.3 is 0 Å². The Hall–Kier alpha value is -1.19. The number of aryl methyl sites for hydroxylation is 1. The molecule has 0 aliphatic rings. The third kappa shape index (κ3) is 2.56. The Morgan fingerprint density at radius 1 is 1.41 bits per heavy atom. The molecule has 4 heteroatoms. The van der Waals surface area contributed by atoms with Crippen molar-refractivity contribution in [2.75, 3.05) is 5.88 Å². The average molecular weight is 266 g/mol. The Morgan fingerprint density at radius 3 is 2.88 bits per heavy atom. The van der Waals surface area contributed by atoms with E-state index >= 15 is 0 Å². The first-order chi connectivity index (χ1) is 8.26. The first-order valence-electron chi connectivity index (χ1n) is 5.39. The van der Waals surface area contributed by atoms with E-state index in [1.54, 1.807) is 5.38 Å². The number of alkyl halides is 1. The Bertz CT molecular complexity index is 536. The van der Waals surface area contributed by atoms with E-state index in [-0.39, 0.29) is 11.7 Å². The topological polar surface area (TPSA) is 30.0 Å². The fraction of sp³-hybridized carbons (Fsp3) is 0.231. The summed E-state index contributed by atoms with van der Waals surface area (Å²) in [6.45, 7) is 2.11. The molecule has 0 unspecified atom stereocenters. The van der Waals surface area contributed by atoms with Crippen LogP contribution in [0.25, 0.3) is 10.6 Å². The highest BCUT2D eigenvalue weighted by Crippen LogP contribution is 2.27. The number of thiazole rings is 1. The zero-order valence-corrected chi connectivity index (χ0v) is 11.0. The molecule has 0 saturated heterocycles. The minimum atomic E-state index is -0.122. The molecule has 0 amide bonds. The molecule has 2 rings (SSSR count). The normalized spacial score (nSPS) is 10.5. The fourth-order valence-corrected chi connectivity index (χ4v) is 2.65.